The van der Waals surface area contributed by atoms with Crippen LogP contribution in [0.25, 0.3) is 0 Å². The van der Waals surface area contributed by atoms with Crippen LogP contribution >= 0.6 is 0 Å². The van der Waals surface area contributed by atoms with E-state index in [9.17, 15) is 0 Å². The fourth-order valence-electron chi connectivity index (χ4n) is 4.78. The average Bonchev–Trinajstić information content (AvgIpc) is 2.41. The molecule has 2 N–H and O–H groups in total. The molecule has 2 aliphatic carbocycles. The normalized spacial score (nSPS) is 44.5. The third-order valence-electron chi connectivity index (χ3n) is 6.48. The molecule has 0 saturated heterocycles. The molecule has 0 aromatic carbocycles. The van der Waals surface area contributed by atoms with Crippen molar-refractivity contribution in [3.8, 4) is 0 Å². The maximum atomic E-state index is 6.29. The second-order valence-corrected chi connectivity index (χ2v) is 7.50. The summed E-state index contributed by atoms with van der Waals surface area (Å²) in [6, 6.07) is 0.764. The van der Waals surface area contributed by atoms with Crippen molar-refractivity contribution in [1.82, 2.24) is 4.90 Å². The first-order valence-electron chi connectivity index (χ1n) is 8.44. The summed E-state index contributed by atoms with van der Waals surface area (Å²) in [5, 5.41) is 0. The van der Waals surface area contributed by atoms with Gasteiger partial charge < -0.3 is 5.73 Å². The van der Waals surface area contributed by atoms with Crippen molar-refractivity contribution in [3.63, 3.8) is 0 Å². The zero-order valence-corrected chi connectivity index (χ0v) is 13.5. The molecule has 0 spiro atoms. The van der Waals surface area contributed by atoms with Crippen LogP contribution in [0.15, 0.2) is 0 Å². The van der Waals surface area contributed by atoms with Crippen LogP contribution in [0.2, 0.25) is 0 Å². The quantitative estimate of drug-likeness (QED) is 0.845. The zero-order valence-electron chi connectivity index (χ0n) is 13.5. The van der Waals surface area contributed by atoms with E-state index in [0.29, 0.717) is 0 Å². The van der Waals surface area contributed by atoms with E-state index in [1.165, 1.54) is 44.9 Å². The Hall–Kier alpha value is -0.0800. The van der Waals surface area contributed by atoms with Gasteiger partial charge in [-0.25, -0.2) is 0 Å². The first-order valence-corrected chi connectivity index (χ1v) is 8.44. The Bertz CT molecular complexity index is 291. The van der Waals surface area contributed by atoms with Gasteiger partial charge in [-0.1, -0.05) is 46.5 Å². The fraction of sp³-hybridized carbons (Fsp3) is 1.00. The molecule has 112 valence electrons. The minimum Gasteiger partial charge on any atom is -0.329 e. The monoisotopic (exact) mass is 266 g/mol. The van der Waals surface area contributed by atoms with Crippen molar-refractivity contribution >= 4 is 0 Å². The molecule has 5 unspecified atom stereocenters. The molecule has 0 amide bonds. The molecule has 0 aromatic rings. The first-order chi connectivity index (χ1) is 9.01. The van der Waals surface area contributed by atoms with Gasteiger partial charge in [0.25, 0.3) is 0 Å². The fourth-order valence-corrected chi connectivity index (χ4v) is 4.78. The van der Waals surface area contributed by atoms with Gasteiger partial charge in [-0.15, -0.1) is 0 Å². The molecule has 19 heavy (non-hydrogen) atoms. The lowest BCUT2D eigenvalue weighted by molar-refractivity contribution is -0.0332. The van der Waals surface area contributed by atoms with Crippen molar-refractivity contribution in [2.24, 2.45) is 23.5 Å². The second kappa shape index (κ2) is 6.13. The highest BCUT2D eigenvalue weighted by atomic mass is 15.2. The molecular formula is C17H34N2. The van der Waals surface area contributed by atoms with Crippen LogP contribution in [0, 0.1) is 17.8 Å². The van der Waals surface area contributed by atoms with Crippen molar-refractivity contribution in [1.29, 1.82) is 0 Å². The third kappa shape index (κ3) is 2.85. The van der Waals surface area contributed by atoms with E-state index in [4.69, 9.17) is 5.73 Å². The first kappa shape index (κ1) is 15.3. The number of likely N-dealkylation sites (N-methyl/N-ethyl adjacent to an activating group) is 1. The topological polar surface area (TPSA) is 29.3 Å². The molecule has 0 bridgehead atoms. The van der Waals surface area contributed by atoms with Crippen LogP contribution in [0.3, 0.4) is 0 Å². The largest absolute Gasteiger partial charge is 0.329 e. The summed E-state index contributed by atoms with van der Waals surface area (Å²) in [7, 11) is 2.37. The van der Waals surface area contributed by atoms with Crippen LogP contribution in [-0.4, -0.2) is 30.1 Å². The highest BCUT2D eigenvalue weighted by molar-refractivity contribution is 5.01. The number of nitrogens with zero attached hydrogens (tertiary/aromatic N) is 1. The highest BCUT2D eigenvalue weighted by Crippen LogP contribution is 2.43. The van der Waals surface area contributed by atoms with Crippen LogP contribution in [0.4, 0.5) is 0 Å². The predicted molar refractivity (Wildman–Crippen MR) is 83.1 cm³/mol. The van der Waals surface area contributed by atoms with Gasteiger partial charge >= 0.3 is 0 Å². The Labute approximate surface area is 120 Å². The van der Waals surface area contributed by atoms with E-state index in [1.54, 1.807) is 0 Å². The molecule has 2 nitrogen and oxygen atoms in total. The predicted octanol–water partition coefficient (Wildman–Crippen LogP) is 3.65. The molecule has 5 atom stereocenters. The average molecular weight is 266 g/mol. The van der Waals surface area contributed by atoms with Crippen LogP contribution in [-0.2, 0) is 0 Å². The lowest BCUT2D eigenvalue weighted by atomic mass is 9.66. The Kier molecular flexibility index (Phi) is 4.94. The SMILES string of the molecule is CC1CCCC(N(C)C2(CN)CCCC(C)C2C)C1. The summed E-state index contributed by atoms with van der Waals surface area (Å²) in [6.07, 6.45) is 9.62. The maximum absolute atomic E-state index is 6.29. The van der Waals surface area contributed by atoms with Crippen molar-refractivity contribution in [3.05, 3.63) is 0 Å². The molecule has 2 saturated carbocycles. The maximum Gasteiger partial charge on any atom is 0.0359 e. The van der Waals surface area contributed by atoms with Crippen LogP contribution in [0.1, 0.15) is 65.7 Å². The van der Waals surface area contributed by atoms with E-state index in [1.807, 2.05) is 0 Å². The van der Waals surface area contributed by atoms with E-state index >= 15 is 0 Å². The molecule has 0 radical (unpaired) electrons. The van der Waals surface area contributed by atoms with Crippen molar-refractivity contribution < 1.29 is 0 Å². The lowest BCUT2D eigenvalue weighted by Gasteiger charge is -2.54. The van der Waals surface area contributed by atoms with Gasteiger partial charge in [-0.2, -0.15) is 0 Å². The Morgan fingerprint density at radius 1 is 1.11 bits per heavy atom. The summed E-state index contributed by atoms with van der Waals surface area (Å²) in [5.41, 5.74) is 6.55. The summed E-state index contributed by atoms with van der Waals surface area (Å²) >= 11 is 0. The molecule has 0 aromatic heterocycles. The second-order valence-electron chi connectivity index (χ2n) is 7.50. The Balaban J connectivity index is 2.15. The standard InChI is InChI=1S/C17H34N2/c1-13-7-5-9-16(11-13)19(4)17(12-18)10-6-8-14(2)15(17)3/h13-16H,5-12,18H2,1-4H3. The molecular weight excluding hydrogens is 232 g/mol. The van der Waals surface area contributed by atoms with Gasteiger partial charge in [0.1, 0.15) is 0 Å². The minimum absolute atomic E-state index is 0.263. The van der Waals surface area contributed by atoms with E-state index in [-0.39, 0.29) is 5.54 Å². The van der Waals surface area contributed by atoms with Gasteiger partial charge in [-0.3, -0.25) is 4.90 Å². The van der Waals surface area contributed by atoms with Gasteiger partial charge in [-0.05, 0) is 44.1 Å². The van der Waals surface area contributed by atoms with Crippen molar-refractivity contribution in [2.45, 2.75) is 77.3 Å². The molecule has 2 rings (SSSR count). The van der Waals surface area contributed by atoms with Gasteiger partial charge in [0, 0.05) is 18.1 Å². The van der Waals surface area contributed by atoms with Crippen LogP contribution in [0.5, 0.6) is 0 Å². The van der Waals surface area contributed by atoms with Crippen molar-refractivity contribution in [2.75, 3.05) is 13.6 Å². The van der Waals surface area contributed by atoms with E-state index in [0.717, 1.165) is 30.3 Å². The number of hydrogen-bond acceptors (Lipinski definition) is 2. The Morgan fingerprint density at radius 2 is 1.84 bits per heavy atom. The minimum atomic E-state index is 0.263. The number of nitrogens with two attached hydrogens (primary N) is 1. The van der Waals surface area contributed by atoms with E-state index in [2.05, 4.69) is 32.7 Å². The molecule has 2 fully saturated rings. The molecule has 0 heterocycles. The Morgan fingerprint density at radius 3 is 2.47 bits per heavy atom. The lowest BCUT2D eigenvalue weighted by Crippen LogP contribution is -2.62. The zero-order chi connectivity index (χ0) is 14.0. The van der Waals surface area contributed by atoms with Crippen LogP contribution < -0.4 is 5.73 Å². The molecule has 0 aliphatic heterocycles. The molecule has 2 heteroatoms. The third-order valence-corrected chi connectivity index (χ3v) is 6.48. The summed E-state index contributed by atoms with van der Waals surface area (Å²) < 4.78 is 0. The van der Waals surface area contributed by atoms with Gasteiger partial charge in [0.15, 0.2) is 0 Å². The van der Waals surface area contributed by atoms with Gasteiger partial charge in [0.2, 0.25) is 0 Å². The molecule has 2 aliphatic rings. The van der Waals surface area contributed by atoms with E-state index < -0.39 is 0 Å². The number of hydrogen-bond donors (Lipinski definition) is 1. The smallest absolute Gasteiger partial charge is 0.0359 e. The number of rotatable bonds is 3. The summed E-state index contributed by atoms with van der Waals surface area (Å²) in [5.74, 6) is 2.45. The summed E-state index contributed by atoms with van der Waals surface area (Å²) in [4.78, 5) is 2.71. The van der Waals surface area contributed by atoms with Gasteiger partial charge in [0.05, 0.1) is 0 Å². The highest BCUT2D eigenvalue weighted by Gasteiger charge is 2.45. The summed E-state index contributed by atoms with van der Waals surface area (Å²) in [6.45, 7) is 8.12.